The molecule has 2 aromatic carbocycles. The van der Waals surface area contributed by atoms with Gasteiger partial charge in [-0.1, -0.05) is 48.5 Å². The van der Waals surface area contributed by atoms with Crippen LogP contribution in [0.4, 0.5) is 0 Å². The molecule has 2 aromatic rings. The van der Waals surface area contributed by atoms with E-state index < -0.39 is 12.0 Å². The summed E-state index contributed by atoms with van der Waals surface area (Å²) in [6.45, 7) is 0.501. The Kier molecular flexibility index (Phi) is 3.88. The van der Waals surface area contributed by atoms with Crippen LogP contribution in [-0.4, -0.2) is 23.7 Å². The number of hydrogen-bond acceptors (Lipinski definition) is 3. The maximum atomic E-state index is 11.4. The minimum atomic E-state index is -0.878. The molecule has 2 N–H and O–H groups in total. The van der Waals surface area contributed by atoms with Gasteiger partial charge < -0.3 is 9.84 Å². The Hall–Kier alpha value is -2.33. The SMILES string of the molecule is O=C(O)C(NCC1Cc2ccccc2O1)c1ccccc1. The van der Waals surface area contributed by atoms with Gasteiger partial charge in [0.05, 0.1) is 0 Å². The third-order valence-corrected chi connectivity index (χ3v) is 3.64. The fourth-order valence-electron chi connectivity index (χ4n) is 2.61. The number of para-hydroxylation sites is 1. The van der Waals surface area contributed by atoms with Crippen LogP contribution in [-0.2, 0) is 11.2 Å². The number of rotatable bonds is 5. The summed E-state index contributed by atoms with van der Waals surface area (Å²) in [5.74, 6) is 0.0209. The van der Waals surface area contributed by atoms with Gasteiger partial charge in [0, 0.05) is 13.0 Å². The second-order valence-electron chi connectivity index (χ2n) is 5.14. The molecule has 1 aliphatic rings. The molecular weight excluding hydrogens is 266 g/mol. The number of hydrogen-bond donors (Lipinski definition) is 2. The zero-order valence-corrected chi connectivity index (χ0v) is 11.5. The lowest BCUT2D eigenvalue weighted by Crippen LogP contribution is -2.36. The van der Waals surface area contributed by atoms with E-state index in [2.05, 4.69) is 5.32 Å². The van der Waals surface area contributed by atoms with Crippen LogP contribution in [0.5, 0.6) is 5.75 Å². The Morgan fingerprint density at radius 3 is 2.62 bits per heavy atom. The van der Waals surface area contributed by atoms with Crippen LogP contribution in [0, 0.1) is 0 Å². The van der Waals surface area contributed by atoms with Crippen molar-refractivity contribution >= 4 is 5.97 Å². The van der Waals surface area contributed by atoms with Gasteiger partial charge in [-0.2, -0.15) is 0 Å². The average molecular weight is 283 g/mol. The molecule has 0 saturated heterocycles. The summed E-state index contributed by atoms with van der Waals surface area (Å²) in [7, 11) is 0. The van der Waals surface area contributed by atoms with E-state index in [1.165, 1.54) is 5.56 Å². The Morgan fingerprint density at radius 2 is 1.90 bits per heavy atom. The van der Waals surface area contributed by atoms with Crippen LogP contribution in [0.3, 0.4) is 0 Å². The molecular formula is C17H17NO3. The minimum absolute atomic E-state index is 0.0204. The maximum absolute atomic E-state index is 11.4. The number of carboxylic acids is 1. The van der Waals surface area contributed by atoms with Gasteiger partial charge in [0.25, 0.3) is 0 Å². The second kappa shape index (κ2) is 5.97. The number of ether oxygens (including phenoxy) is 1. The number of fused-ring (bicyclic) bond motifs is 1. The van der Waals surface area contributed by atoms with Gasteiger partial charge in [0.1, 0.15) is 17.9 Å². The minimum Gasteiger partial charge on any atom is -0.488 e. The highest BCUT2D eigenvalue weighted by atomic mass is 16.5. The van der Waals surface area contributed by atoms with Gasteiger partial charge in [-0.05, 0) is 17.2 Å². The van der Waals surface area contributed by atoms with E-state index in [1.54, 1.807) is 0 Å². The molecule has 108 valence electrons. The second-order valence-corrected chi connectivity index (χ2v) is 5.14. The molecule has 0 radical (unpaired) electrons. The molecule has 4 heteroatoms. The quantitative estimate of drug-likeness (QED) is 0.884. The van der Waals surface area contributed by atoms with E-state index >= 15 is 0 Å². The molecule has 0 fully saturated rings. The molecule has 1 heterocycles. The predicted molar refractivity (Wildman–Crippen MR) is 79.4 cm³/mol. The molecule has 21 heavy (non-hydrogen) atoms. The van der Waals surface area contributed by atoms with E-state index in [-0.39, 0.29) is 6.10 Å². The lowest BCUT2D eigenvalue weighted by molar-refractivity contribution is -0.139. The number of benzene rings is 2. The first-order valence-corrected chi connectivity index (χ1v) is 7.00. The van der Waals surface area contributed by atoms with Gasteiger partial charge in [-0.15, -0.1) is 0 Å². The number of carboxylic acid groups (broad SMARTS) is 1. The molecule has 3 rings (SSSR count). The van der Waals surface area contributed by atoms with E-state index in [0.717, 1.165) is 17.7 Å². The molecule has 0 amide bonds. The molecule has 0 bridgehead atoms. The van der Waals surface area contributed by atoms with Crippen molar-refractivity contribution in [3.8, 4) is 5.75 Å². The van der Waals surface area contributed by atoms with Gasteiger partial charge in [0.2, 0.25) is 0 Å². The van der Waals surface area contributed by atoms with E-state index in [0.29, 0.717) is 6.54 Å². The molecule has 2 unspecified atom stereocenters. The first-order chi connectivity index (χ1) is 10.2. The van der Waals surface area contributed by atoms with Crippen LogP contribution >= 0.6 is 0 Å². The van der Waals surface area contributed by atoms with Crippen molar-refractivity contribution in [3.63, 3.8) is 0 Å². The topological polar surface area (TPSA) is 58.6 Å². The van der Waals surface area contributed by atoms with Crippen LogP contribution in [0.1, 0.15) is 17.2 Å². The molecule has 0 aromatic heterocycles. The first-order valence-electron chi connectivity index (χ1n) is 7.00. The number of aliphatic carboxylic acids is 1. The van der Waals surface area contributed by atoms with E-state index in [1.807, 2.05) is 54.6 Å². The van der Waals surface area contributed by atoms with Gasteiger partial charge >= 0.3 is 5.97 Å². The van der Waals surface area contributed by atoms with Crippen LogP contribution in [0.2, 0.25) is 0 Å². The molecule has 2 atom stereocenters. The van der Waals surface area contributed by atoms with Gasteiger partial charge in [-0.25, -0.2) is 0 Å². The fourth-order valence-corrected chi connectivity index (χ4v) is 2.61. The summed E-state index contributed by atoms with van der Waals surface area (Å²) >= 11 is 0. The van der Waals surface area contributed by atoms with Crippen LogP contribution < -0.4 is 10.1 Å². The smallest absolute Gasteiger partial charge is 0.325 e. The van der Waals surface area contributed by atoms with Gasteiger partial charge in [-0.3, -0.25) is 10.1 Å². The van der Waals surface area contributed by atoms with E-state index in [4.69, 9.17) is 4.74 Å². The number of carbonyl (C=O) groups is 1. The summed E-state index contributed by atoms with van der Waals surface area (Å²) in [5, 5.41) is 12.5. The van der Waals surface area contributed by atoms with Crippen molar-refractivity contribution in [2.75, 3.05) is 6.54 Å². The molecule has 0 aliphatic carbocycles. The van der Waals surface area contributed by atoms with Crippen molar-refractivity contribution in [1.29, 1.82) is 0 Å². The predicted octanol–water partition coefficient (Wildman–Crippen LogP) is 2.41. The Bertz CT molecular complexity index is 602. The third-order valence-electron chi connectivity index (χ3n) is 3.64. The zero-order valence-electron chi connectivity index (χ0n) is 11.5. The third kappa shape index (κ3) is 3.06. The lowest BCUT2D eigenvalue weighted by Gasteiger charge is -2.18. The monoisotopic (exact) mass is 283 g/mol. The van der Waals surface area contributed by atoms with Crippen LogP contribution in [0.25, 0.3) is 0 Å². The normalized spacial score (nSPS) is 17.8. The molecule has 1 aliphatic heterocycles. The largest absolute Gasteiger partial charge is 0.488 e. The Labute approximate surface area is 123 Å². The molecule has 4 nitrogen and oxygen atoms in total. The van der Waals surface area contributed by atoms with Crippen molar-refractivity contribution in [3.05, 3.63) is 65.7 Å². The summed E-state index contributed by atoms with van der Waals surface area (Å²) < 4.78 is 5.82. The fraction of sp³-hybridized carbons (Fsp3) is 0.235. The Morgan fingerprint density at radius 1 is 1.19 bits per heavy atom. The number of nitrogens with one attached hydrogen (secondary N) is 1. The van der Waals surface area contributed by atoms with Crippen molar-refractivity contribution in [2.24, 2.45) is 0 Å². The summed E-state index contributed by atoms with van der Waals surface area (Å²) in [6, 6.07) is 16.4. The summed E-state index contributed by atoms with van der Waals surface area (Å²) in [4.78, 5) is 11.4. The zero-order chi connectivity index (χ0) is 14.7. The molecule has 0 saturated carbocycles. The van der Waals surface area contributed by atoms with Crippen molar-refractivity contribution in [2.45, 2.75) is 18.6 Å². The first kappa shape index (κ1) is 13.6. The highest BCUT2D eigenvalue weighted by Gasteiger charge is 2.25. The van der Waals surface area contributed by atoms with Crippen molar-refractivity contribution < 1.29 is 14.6 Å². The highest BCUT2D eigenvalue weighted by molar-refractivity contribution is 5.75. The van der Waals surface area contributed by atoms with Crippen LogP contribution in [0.15, 0.2) is 54.6 Å². The highest BCUT2D eigenvalue weighted by Crippen LogP contribution is 2.28. The van der Waals surface area contributed by atoms with Gasteiger partial charge in [0.15, 0.2) is 0 Å². The summed E-state index contributed by atoms with van der Waals surface area (Å²) in [5.41, 5.74) is 1.93. The average Bonchev–Trinajstić information content (AvgIpc) is 2.91. The summed E-state index contributed by atoms with van der Waals surface area (Å²) in [6.07, 6.45) is 0.789. The van der Waals surface area contributed by atoms with E-state index in [9.17, 15) is 9.90 Å². The van der Waals surface area contributed by atoms with Crippen molar-refractivity contribution in [1.82, 2.24) is 5.32 Å². The standard InChI is InChI=1S/C17H17NO3/c19-17(20)16(12-6-2-1-3-7-12)18-11-14-10-13-8-4-5-9-15(13)21-14/h1-9,14,16,18H,10-11H2,(H,19,20). The Balaban J connectivity index is 1.63. The maximum Gasteiger partial charge on any atom is 0.325 e. The lowest BCUT2D eigenvalue weighted by atomic mass is 10.1. The molecule has 0 spiro atoms.